The molecule has 0 saturated carbocycles. The molecule has 0 radical (unpaired) electrons. The molecular formula is C14H22N6. The first-order valence-electron chi connectivity index (χ1n) is 7.19. The van der Waals surface area contributed by atoms with Crippen molar-refractivity contribution in [1.82, 2.24) is 19.3 Å². The lowest BCUT2D eigenvalue weighted by molar-refractivity contribution is 0.213. The summed E-state index contributed by atoms with van der Waals surface area (Å²) < 4.78 is 2.04. The lowest BCUT2D eigenvalue weighted by Crippen LogP contribution is -2.51. The van der Waals surface area contributed by atoms with Gasteiger partial charge in [0.25, 0.3) is 0 Å². The van der Waals surface area contributed by atoms with E-state index in [2.05, 4.69) is 34.1 Å². The largest absolute Gasteiger partial charge is 0.372 e. The molecule has 1 atom stereocenters. The number of nitrogens with zero attached hydrogens (tertiary/aromatic N) is 5. The summed E-state index contributed by atoms with van der Waals surface area (Å²) in [6.07, 6.45) is 6.92. The zero-order chi connectivity index (χ0) is 14.1. The topological polar surface area (TPSA) is 48.7 Å². The predicted octanol–water partition coefficient (Wildman–Crippen LogP) is 1.30. The van der Waals surface area contributed by atoms with Crippen LogP contribution in [0.1, 0.15) is 13.3 Å². The predicted molar refractivity (Wildman–Crippen MR) is 81.5 cm³/mol. The van der Waals surface area contributed by atoms with Crippen LogP contribution in [0.4, 0.5) is 11.6 Å². The van der Waals surface area contributed by atoms with Crippen molar-refractivity contribution < 1.29 is 0 Å². The van der Waals surface area contributed by atoms with Crippen LogP contribution in [0.2, 0.25) is 0 Å². The molecule has 0 aromatic carbocycles. The summed E-state index contributed by atoms with van der Waals surface area (Å²) in [6.45, 7) is 5.31. The van der Waals surface area contributed by atoms with Crippen LogP contribution in [0.5, 0.6) is 0 Å². The number of imidazole rings is 1. The fraction of sp³-hybridized carbons (Fsp3) is 0.571. The maximum absolute atomic E-state index is 4.72. The third kappa shape index (κ3) is 2.20. The van der Waals surface area contributed by atoms with Crippen LogP contribution in [0.25, 0.3) is 5.65 Å². The number of fused-ring (bicyclic) bond motifs is 1. The molecule has 108 valence electrons. The van der Waals surface area contributed by atoms with Crippen molar-refractivity contribution in [3.05, 3.63) is 18.6 Å². The minimum absolute atomic E-state index is 0.582. The number of rotatable bonds is 3. The Morgan fingerprint density at radius 1 is 1.40 bits per heavy atom. The number of hydrogen-bond acceptors (Lipinski definition) is 5. The van der Waals surface area contributed by atoms with Gasteiger partial charge in [-0.05, 0) is 13.5 Å². The average Bonchev–Trinajstić information content (AvgIpc) is 2.95. The van der Waals surface area contributed by atoms with Gasteiger partial charge in [0, 0.05) is 45.1 Å². The Balaban J connectivity index is 1.98. The minimum Gasteiger partial charge on any atom is -0.372 e. The molecule has 1 aliphatic rings. The van der Waals surface area contributed by atoms with Crippen LogP contribution < -0.4 is 10.2 Å². The van der Waals surface area contributed by atoms with E-state index in [1.165, 1.54) is 0 Å². The Labute approximate surface area is 119 Å². The highest BCUT2D eigenvalue weighted by Crippen LogP contribution is 2.23. The Morgan fingerprint density at radius 2 is 2.25 bits per heavy atom. The van der Waals surface area contributed by atoms with E-state index in [-0.39, 0.29) is 0 Å². The number of nitrogens with one attached hydrogen (secondary N) is 1. The molecule has 3 rings (SSSR count). The molecule has 1 unspecified atom stereocenters. The summed E-state index contributed by atoms with van der Waals surface area (Å²) in [7, 11) is 4.10. The van der Waals surface area contributed by atoms with E-state index in [9.17, 15) is 0 Å². The Morgan fingerprint density at radius 3 is 3.00 bits per heavy atom. The van der Waals surface area contributed by atoms with E-state index in [0.29, 0.717) is 6.04 Å². The van der Waals surface area contributed by atoms with Gasteiger partial charge in [0.2, 0.25) is 0 Å². The highest BCUT2D eigenvalue weighted by Gasteiger charge is 2.25. The molecule has 2 aromatic rings. The maximum Gasteiger partial charge on any atom is 0.180 e. The summed E-state index contributed by atoms with van der Waals surface area (Å²) >= 11 is 0. The lowest BCUT2D eigenvalue weighted by atomic mass is 10.1. The average molecular weight is 274 g/mol. The van der Waals surface area contributed by atoms with E-state index in [4.69, 9.17) is 4.98 Å². The SMILES string of the molecule is CCC1CN(c2nc(NC)cn3ccnc23)CCN1C. The molecule has 6 nitrogen and oxygen atoms in total. The molecule has 1 N–H and O–H groups in total. The van der Waals surface area contributed by atoms with Gasteiger partial charge in [-0.1, -0.05) is 6.92 Å². The molecular weight excluding hydrogens is 252 g/mol. The third-order valence-electron chi connectivity index (χ3n) is 4.16. The van der Waals surface area contributed by atoms with Gasteiger partial charge in [0.15, 0.2) is 11.5 Å². The summed E-state index contributed by atoms with van der Waals surface area (Å²) in [4.78, 5) is 14.0. The van der Waals surface area contributed by atoms with Crippen LogP contribution >= 0.6 is 0 Å². The molecule has 20 heavy (non-hydrogen) atoms. The first-order chi connectivity index (χ1) is 9.72. The second-order valence-corrected chi connectivity index (χ2v) is 5.35. The minimum atomic E-state index is 0.582. The standard InChI is InChI=1S/C14H22N6/c1-4-11-9-20(8-7-18(11)3)14-13-16-5-6-19(13)10-12(15-2)17-14/h5-6,10-11,15H,4,7-9H2,1-3H3. The fourth-order valence-electron chi connectivity index (χ4n) is 2.83. The summed E-state index contributed by atoms with van der Waals surface area (Å²) in [5.41, 5.74) is 0.934. The van der Waals surface area contributed by atoms with E-state index in [1.54, 1.807) is 0 Å². The van der Waals surface area contributed by atoms with Crippen LogP contribution in [0.3, 0.4) is 0 Å². The van der Waals surface area contributed by atoms with Gasteiger partial charge in [-0.2, -0.15) is 0 Å². The molecule has 1 fully saturated rings. The summed E-state index contributed by atoms with van der Waals surface area (Å²) in [5, 5.41) is 3.13. The number of likely N-dealkylation sites (N-methyl/N-ethyl adjacent to an activating group) is 1. The summed E-state index contributed by atoms with van der Waals surface area (Å²) in [6, 6.07) is 0.582. The zero-order valence-corrected chi connectivity index (χ0v) is 12.4. The van der Waals surface area contributed by atoms with Gasteiger partial charge in [0.05, 0.1) is 6.20 Å². The molecule has 1 aliphatic heterocycles. The highest BCUT2D eigenvalue weighted by molar-refractivity contribution is 5.67. The smallest absolute Gasteiger partial charge is 0.180 e. The van der Waals surface area contributed by atoms with Crippen molar-refractivity contribution in [2.75, 3.05) is 43.9 Å². The maximum atomic E-state index is 4.72. The van der Waals surface area contributed by atoms with Crippen LogP contribution in [-0.2, 0) is 0 Å². The summed E-state index contributed by atoms with van der Waals surface area (Å²) in [5.74, 6) is 1.85. The first-order valence-corrected chi connectivity index (χ1v) is 7.19. The first kappa shape index (κ1) is 13.2. The van der Waals surface area contributed by atoms with E-state index >= 15 is 0 Å². The van der Waals surface area contributed by atoms with Gasteiger partial charge in [0.1, 0.15) is 5.82 Å². The van der Waals surface area contributed by atoms with Crippen molar-refractivity contribution in [3.63, 3.8) is 0 Å². The number of piperazine rings is 1. The third-order valence-corrected chi connectivity index (χ3v) is 4.16. The van der Waals surface area contributed by atoms with Crippen molar-refractivity contribution in [1.29, 1.82) is 0 Å². The normalized spacial score (nSPS) is 20.6. The molecule has 0 spiro atoms. The number of hydrogen-bond donors (Lipinski definition) is 1. The van der Waals surface area contributed by atoms with Crippen LogP contribution in [0.15, 0.2) is 18.6 Å². The zero-order valence-electron chi connectivity index (χ0n) is 12.4. The van der Waals surface area contributed by atoms with E-state index in [1.807, 2.05) is 30.0 Å². The fourth-order valence-corrected chi connectivity index (χ4v) is 2.83. The highest BCUT2D eigenvalue weighted by atomic mass is 15.3. The molecule has 0 aliphatic carbocycles. The molecule has 6 heteroatoms. The molecule has 0 bridgehead atoms. The quantitative estimate of drug-likeness (QED) is 0.914. The van der Waals surface area contributed by atoms with E-state index < -0.39 is 0 Å². The monoisotopic (exact) mass is 274 g/mol. The molecule has 1 saturated heterocycles. The Kier molecular flexibility index (Phi) is 3.48. The van der Waals surface area contributed by atoms with Crippen LogP contribution in [0, 0.1) is 0 Å². The van der Waals surface area contributed by atoms with E-state index in [0.717, 1.165) is 43.3 Å². The Bertz CT molecular complexity index is 592. The number of aromatic nitrogens is 3. The molecule has 0 amide bonds. The van der Waals surface area contributed by atoms with Gasteiger partial charge >= 0.3 is 0 Å². The van der Waals surface area contributed by atoms with Crippen LogP contribution in [-0.4, -0.2) is 59.0 Å². The van der Waals surface area contributed by atoms with Crippen molar-refractivity contribution >= 4 is 17.3 Å². The second kappa shape index (κ2) is 5.28. The number of anilines is 2. The van der Waals surface area contributed by atoms with Crippen molar-refractivity contribution in [2.24, 2.45) is 0 Å². The van der Waals surface area contributed by atoms with Gasteiger partial charge in [-0.15, -0.1) is 0 Å². The van der Waals surface area contributed by atoms with Crippen molar-refractivity contribution in [2.45, 2.75) is 19.4 Å². The Hall–Kier alpha value is -1.82. The second-order valence-electron chi connectivity index (χ2n) is 5.35. The molecule has 2 aromatic heterocycles. The van der Waals surface area contributed by atoms with Gasteiger partial charge in [-0.25, -0.2) is 9.97 Å². The molecule has 3 heterocycles. The van der Waals surface area contributed by atoms with Gasteiger partial charge < -0.3 is 14.6 Å². The van der Waals surface area contributed by atoms with Crippen molar-refractivity contribution in [3.8, 4) is 0 Å². The lowest BCUT2D eigenvalue weighted by Gasteiger charge is -2.39. The van der Waals surface area contributed by atoms with Gasteiger partial charge in [-0.3, -0.25) is 4.90 Å².